The third kappa shape index (κ3) is 3.22. The maximum atomic E-state index is 12.1. The highest BCUT2D eigenvalue weighted by atomic mass is 16.4. The summed E-state index contributed by atoms with van der Waals surface area (Å²) in [6.07, 6.45) is 3.64. The Hall–Kier alpha value is -2.71. The number of amides is 1. The zero-order valence-corrected chi connectivity index (χ0v) is 13.1. The molecule has 9 heteroatoms. The highest BCUT2D eigenvalue weighted by Crippen LogP contribution is 2.25. The van der Waals surface area contributed by atoms with Crippen LogP contribution in [0, 0.1) is 5.41 Å². The molecular formula is C14H20N6O3. The van der Waals surface area contributed by atoms with Gasteiger partial charge in [0.05, 0.1) is 11.7 Å². The van der Waals surface area contributed by atoms with E-state index in [1.54, 1.807) is 18.4 Å². The molecule has 0 bridgehead atoms. The van der Waals surface area contributed by atoms with Crippen LogP contribution in [0.4, 0.5) is 5.82 Å². The van der Waals surface area contributed by atoms with Crippen LogP contribution in [-0.2, 0) is 16.1 Å². The lowest BCUT2D eigenvalue weighted by molar-refractivity contribution is -0.149. The molecule has 0 spiro atoms. The van der Waals surface area contributed by atoms with E-state index < -0.39 is 11.4 Å². The van der Waals surface area contributed by atoms with Crippen molar-refractivity contribution in [3.05, 3.63) is 12.7 Å². The van der Waals surface area contributed by atoms with Crippen LogP contribution in [0.3, 0.4) is 0 Å². The van der Waals surface area contributed by atoms with Crippen molar-refractivity contribution in [3.63, 3.8) is 0 Å². The molecule has 2 aromatic rings. The maximum absolute atomic E-state index is 12.1. The van der Waals surface area contributed by atoms with E-state index in [9.17, 15) is 14.7 Å². The molecule has 9 nitrogen and oxygen atoms in total. The standard InChI is InChI=1S/C14H20N6O3/c1-3-14(4-2,13(22)23)6-16-9(21)5-20-8-19-10-11(15)17-7-18-12(10)20/h7-8H,3-6H2,1-2H3,(H,16,21)(H,22,23)(H2,15,17,18). The molecule has 0 aliphatic heterocycles. The molecule has 4 N–H and O–H groups in total. The number of hydrogen-bond donors (Lipinski definition) is 3. The Morgan fingerprint density at radius 3 is 2.61 bits per heavy atom. The van der Waals surface area contributed by atoms with E-state index in [-0.39, 0.29) is 24.8 Å². The number of nitrogen functional groups attached to an aromatic ring is 1. The van der Waals surface area contributed by atoms with Crippen LogP contribution in [0.1, 0.15) is 26.7 Å². The molecule has 124 valence electrons. The summed E-state index contributed by atoms with van der Waals surface area (Å²) in [7, 11) is 0. The van der Waals surface area contributed by atoms with E-state index in [4.69, 9.17) is 5.73 Å². The molecule has 0 unspecified atom stereocenters. The lowest BCUT2D eigenvalue weighted by Crippen LogP contribution is -2.43. The van der Waals surface area contributed by atoms with Gasteiger partial charge >= 0.3 is 5.97 Å². The molecular weight excluding hydrogens is 300 g/mol. The number of carbonyl (C=O) groups is 2. The largest absolute Gasteiger partial charge is 0.481 e. The monoisotopic (exact) mass is 320 g/mol. The molecule has 0 saturated heterocycles. The van der Waals surface area contributed by atoms with Gasteiger partial charge in [-0.1, -0.05) is 13.8 Å². The van der Waals surface area contributed by atoms with Gasteiger partial charge in [0, 0.05) is 6.54 Å². The van der Waals surface area contributed by atoms with Gasteiger partial charge in [0.1, 0.15) is 18.4 Å². The number of nitrogens with one attached hydrogen (secondary N) is 1. The van der Waals surface area contributed by atoms with Crippen molar-refractivity contribution in [2.45, 2.75) is 33.2 Å². The molecule has 2 heterocycles. The van der Waals surface area contributed by atoms with Crippen molar-refractivity contribution in [1.29, 1.82) is 0 Å². The van der Waals surface area contributed by atoms with Crippen LogP contribution in [-0.4, -0.2) is 43.0 Å². The number of aliphatic carboxylic acids is 1. The number of carboxylic acids is 1. The highest BCUT2D eigenvalue weighted by molar-refractivity contribution is 5.84. The van der Waals surface area contributed by atoms with Gasteiger partial charge < -0.3 is 20.7 Å². The maximum Gasteiger partial charge on any atom is 0.311 e. The van der Waals surface area contributed by atoms with Crippen molar-refractivity contribution >= 4 is 28.9 Å². The quantitative estimate of drug-likeness (QED) is 0.672. The number of carbonyl (C=O) groups excluding carboxylic acids is 1. The fraction of sp³-hybridized carbons (Fsp3) is 0.500. The highest BCUT2D eigenvalue weighted by Gasteiger charge is 2.35. The normalized spacial score (nSPS) is 11.6. The second-order valence-corrected chi connectivity index (χ2v) is 5.37. The Kier molecular flexibility index (Phi) is 4.77. The van der Waals surface area contributed by atoms with Crippen LogP contribution in [0.2, 0.25) is 0 Å². The van der Waals surface area contributed by atoms with Crippen molar-refractivity contribution < 1.29 is 14.7 Å². The number of nitrogens with two attached hydrogens (primary N) is 1. The Balaban J connectivity index is 2.07. The molecule has 0 radical (unpaired) electrons. The zero-order chi connectivity index (χ0) is 17.0. The van der Waals surface area contributed by atoms with Crippen LogP contribution >= 0.6 is 0 Å². The topological polar surface area (TPSA) is 136 Å². The SMILES string of the molecule is CCC(CC)(CNC(=O)Cn1cnc2c(N)ncnc21)C(=O)O. The summed E-state index contributed by atoms with van der Waals surface area (Å²) in [4.78, 5) is 35.5. The van der Waals surface area contributed by atoms with E-state index in [1.165, 1.54) is 12.7 Å². The molecule has 0 aliphatic carbocycles. The van der Waals surface area contributed by atoms with Gasteiger partial charge in [-0.2, -0.15) is 0 Å². The summed E-state index contributed by atoms with van der Waals surface area (Å²) in [6.45, 7) is 3.66. The first-order valence-electron chi connectivity index (χ1n) is 7.35. The lowest BCUT2D eigenvalue weighted by atomic mass is 9.82. The second kappa shape index (κ2) is 6.59. The van der Waals surface area contributed by atoms with Crippen LogP contribution in [0.25, 0.3) is 11.2 Å². The molecule has 0 aromatic carbocycles. The minimum atomic E-state index is -0.945. The predicted molar refractivity (Wildman–Crippen MR) is 83.4 cm³/mol. The Morgan fingerprint density at radius 2 is 2.00 bits per heavy atom. The first-order valence-corrected chi connectivity index (χ1v) is 7.35. The minimum absolute atomic E-state index is 0.0178. The summed E-state index contributed by atoms with van der Waals surface area (Å²) in [5.41, 5.74) is 5.64. The number of aromatic nitrogens is 4. The number of rotatable bonds is 7. The number of anilines is 1. The Bertz CT molecular complexity index is 722. The van der Waals surface area contributed by atoms with Crippen LogP contribution in [0.15, 0.2) is 12.7 Å². The lowest BCUT2D eigenvalue weighted by Gasteiger charge is -2.26. The number of nitrogens with zero attached hydrogens (tertiary/aromatic N) is 4. The summed E-state index contributed by atoms with van der Waals surface area (Å²) < 4.78 is 1.54. The van der Waals surface area contributed by atoms with Gasteiger partial charge in [0.25, 0.3) is 0 Å². The molecule has 0 saturated carbocycles. The average molecular weight is 320 g/mol. The second-order valence-electron chi connectivity index (χ2n) is 5.37. The van der Waals surface area contributed by atoms with E-state index in [0.29, 0.717) is 24.0 Å². The van der Waals surface area contributed by atoms with Crippen molar-refractivity contribution in [1.82, 2.24) is 24.8 Å². The first kappa shape index (κ1) is 16.7. The van der Waals surface area contributed by atoms with Crippen LogP contribution < -0.4 is 11.1 Å². The zero-order valence-electron chi connectivity index (χ0n) is 13.1. The average Bonchev–Trinajstić information content (AvgIpc) is 2.93. The number of hydrogen-bond acceptors (Lipinski definition) is 6. The first-order chi connectivity index (χ1) is 10.9. The van der Waals surface area contributed by atoms with Crippen molar-refractivity contribution in [2.75, 3.05) is 12.3 Å². The smallest absolute Gasteiger partial charge is 0.311 e. The van der Waals surface area contributed by atoms with Gasteiger partial charge in [-0.25, -0.2) is 15.0 Å². The van der Waals surface area contributed by atoms with Gasteiger partial charge in [0.2, 0.25) is 5.91 Å². The molecule has 2 rings (SSSR count). The number of imidazole rings is 1. The summed E-state index contributed by atoms with van der Waals surface area (Å²) >= 11 is 0. The van der Waals surface area contributed by atoms with Gasteiger partial charge in [-0.3, -0.25) is 9.59 Å². The third-order valence-corrected chi connectivity index (χ3v) is 4.17. The Labute approximate surface area is 132 Å². The van der Waals surface area contributed by atoms with Crippen molar-refractivity contribution in [3.8, 4) is 0 Å². The minimum Gasteiger partial charge on any atom is -0.481 e. The van der Waals surface area contributed by atoms with Crippen LogP contribution in [0.5, 0.6) is 0 Å². The molecule has 0 atom stereocenters. The number of fused-ring (bicyclic) bond motifs is 1. The fourth-order valence-corrected chi connectivity index (χ4v) is 2.37. The third-order valence-electron chi connectivity index (χ3n) is 4.17. The summed E-state index contributed by atoms with van der Waals surface area (Å²) in [5, 5.41) is 12.0. The predicted octanol–water partition coefficient (Wildman–Crippen LogP) is 0.416. The van der Waals surface area contributed by atoms with Gasteiger partial charge in [-0.15, -0.1) is 0 Å². The molecule has 2 aromatic heterocycles. The molecule has 0 fully saturated rings. The molecule has 1 amide bonds. The van der Waals surface area contributed by atoms with Gasteiger partial charge in [0.15, 0.2) is 11.5 Å². The van der Waals surface area contributed by atoms with E-state index in [1.807, 2.05) is 0 Å². The summed E-state index contributed by atoms with van der Waals surface area (Å²) in [5.74, 6) is -0.971. The van der Waals surface area contributed by atoms with Gasteiger partial charge in [-0.05, 0) is 12.8 Å². The van der Waals surface area contributed by atoms with E-state index in [2.05, 4.69) is 20.3 Å². The summed E-state index contributed by atoms with van der Waals surface area (Å²) in [6, 6.07) is 0. The molecule has 23 heavy (non-hydrogen) atoms. The number of carboxylic acid groups (broad SMARTS) is 1. The fourth-order valence-electron chi connectivity index (χ4n) is 2.37. The molecule has 0 aliphatic rings. The van der Waals surface area contributed by atoms with Crippen molar-refractivity contribution in [2.24, 2.45) is 5.41 Å². The van der Waals surface area contributed by atoms with E-state index >= 15 is 0 Å². The Morgan fingerprint density at radius 1 is 1.30 bits per heavy atom. The van der Waals surface area contributed by atoms with E-state index in [0.717, 1.165) is 0 Å².